The van der Waals surface area contributed by atoms with Gasteiger partial charge in [-0.15, -0.1) is 0 Å². The van der Waals surface area contributed by atoms with Crippen LogP contribution in [0.3, 0.4) is 0 Å². The van der Waals surface area contributed by atoms with Crippen molar-refractivity contribution in [1.82, 2.24) is 15.1 Å². The first kappa shape index (κ1) is 30.0. The standard InChI is InChI=1S/C33H36ClFN6O3/c1-20-17-22(6-7-23(20)33(43)41-15-13-40(14-16-41)32(42)21-10-12-36-18-21)39-31-30-25(5-3-4-11-37-31)26(19-38-30)24-8-9-27(44-2)29(35)28(24)34/h4,6-9,11,17,19,21,25,36H,3,5,10,12-16,18H2,1-2H3,(H,37,39)/b11-4-/t21-,25?/m1/s1. The first-order chi connectivity index (χ1) is 21.4. The number of carbonyl (C=O) groups excluding carboxylic acids is 2. The molecule has 230 valence electrons. The number of hydrogen-bond acceptors (Lipinski definition) is 7. The lowest BCUT2D eigenvalue weighted by Gasteiger charge is -2.36. The summed E-state index contributed by atoms with van der Waals surface area (Å²) < 4.78 is 19.9. The zero-order chi connectivity index (χ0) is 30.8. The highest BCUT2D eigenvalue weighted by molar-refractivity contribution is 6.49. The maximum atomic E-state index is 14.8. The number of halogens is 2. The second-order valence-corrected chi connectivity index (χ2v) is 11.9. The molecule has 2 atom stereocenters. The summed E-state index contributed by atoms with van der Waals surface area (Å²) in [6, 6.07) is 8.97. The van der Waals surface area contributed by atoms with E-state index in [1.807, 2.05) is 41.0 Å². The third-order valence-corrected chi connectivity index (χ3v) is 9.18. The minimum atomic E-state index is -0.596. The van der Waals surface area contributed by atoms with E-state index in [0.717, 1.165) is 54.9 Å². The van der Waals surface area contributed by atoms with Crippen molar-refractivity contribution in [1.29, 1.82) is 0 Å². The van der Waals surface area contributed by atoms with E-state index < -0.39 is 5.82 Å². The molecule has 0 saturated carbocycles. The SMILES string of the molecule is COc1ccc(C2=CN=C3C(Nc4ccc(C(=O)N5CCN(C(=O)[C@@H]6CCNC6)CC5)c(C)c4)=N/C=C\CCC23)c(Cl)c1F. The van der Waals surface area contributed by atoms with Crippen molar-refractivity contribution in [2.75, 3.05) is 51.7 Å². The van der Waals surface area contributed by atoms with Crippen LogP contribution in [-0.2, 0) is 4.79 Å². The van der Waals surface area contributed by atoms with Crippen molar-refractivity contribution in [3.63, 3.8) is 0 Å². The lowest BCUT2D eigenvalue weighted by Crippen LogP contribution is -2.52. The van der Waals surface area contributed by atoms with E-state index in [0.29, 0.717) is 43.1 Å². The number of piperazine rings is 1. The maximum Gasteiger partial charge on any atom is 0.254 e. The fraction of sp³-hybridized carbons (Fsp3) is 0.394. The molecule has 4 aliphatic rings. The van der Waals surface area contributed by atoms with Gasteiger partial charge in [0.25, 0.3) is 5.91 Å². The lowest BCUT2D eigenvalue weighted by atomic mass is 9.86. The fourth-order valence-electron chi connectivity index (χ4n) is 6.32. The Morgan fingerprint density at radius 3 is 2.61 bits per heavy atom. The Hall–Kier alpha value is -4.02. The van der Waals surface area contributed by atoms with Gasteiger partial charge in [-0.1, -0.05) is 17.7 Å². The summed E-state index contributed by atoms with van der Waals surface area (Å²) in [5.41, 5.74) is 4.39. The molecule has 6 rings (SSSR count). The number of amidine groups is 1. The number of carbonyl (C=O) groups is 2. The average Bonchev–Trinajstić information content (AvgIpc) is 3.71. The van der Waals surface area contributed by atoms with Crippen LogP contribution >= 0.6 is 11.6 Å². The highest BCUT2D eigenvalue weighted by atomic mass is 35.5. The highest BCUT2D eigenvalue weighted by Gasteiger charge is 2.33. The molecule has 0 spiro atoms. The van der Waals surface area contributed by atoms with E-state index in [1.165, 1.54) is 7.11 Å². The summed E-state index contributed by atoms with van der Waals surface area (Å²) in [6.45, 7) is 5.69. The first-order valence-electron chi connectivity index (χ1n) is 15.1. The Labute approximate surface area is 261 Å². The largest absolute Gasteiger partial charge is 0.494 e. The number of methoxy groups -OCH3 is 1. The summed E-state index contributed by atoms with van der Waals surface area (Å²) in [7, 11) is 1.41. The van der Waals surface area contributed by atoms with Gasteiger partial charge in [0.2, 0.25) is 5.91 Å². The summed E-state index contributed by atoms with van der Waals surface area (Å²) in [5, 5.41) is 6.66. The Morgan fingerprint density at radius 1 is 1.09 bits per heavy atom. The molecule has 2 N–H and O–H groups in total. The van der Waals surface area contributed by atoms with Crippen molar-refractivity contribution in [3.8, 4) is 5.75 Å². The van der Waals surface area contributed by atoms with E-state index >= 15 is 0 Å². The van der Waals surface area contributed by atoms with Crippen molar-refractivity contribution >= 4 is 46.2 Å². The first-order valence-corrected chi connectivity index (χ1v) is 15.4. The Balaban J connectivity index is 1.13. The number of nitrogens with one attached hydrogen (secondary N) is 2. The van der Waals surface area contributed by atoms with Gasteiger partial charge >= 0.3 is 0 Å². The number of amides is 2. The number of aliphatic imine (C=N–C) groups is 2. The summed E-state index contributed by atoms with van der Waals surface area (Å²) in [4.78, 5) is 39.3. The van der Waals surface area contributed by atoms with Crippen LogP contribution in [0, 0.1) is 24.6 Å². The number of nitrogens with zero attached hydrogens (tertiary/aromatic N) is 4. The molecule has 4 heterocycles. The molecule has 0 bridgehead atoms. The molecule has 1 unspecified atom stereocenters. The van der Waals surface area contributed by atoms with Crippen LogP contribution in [0.4, 0.5) is 10.1 Å². The predicted octanol–water partition coefficient (Wildman–Crippen LogP) is 4.92. The van der Waals surface area contributed by atoms with Crippen molar-refractivity contribution in [2.24, 2.45) is 21.8 Å². The molecule has 11 heteroatoms. The minimum absolute atomic E-state index is 0.00565. The number of ether oxygens (including phenoxy) is 1. The normalized spacial score (nSPS) is 22.3. The van der Waals surface area contributed by atoms with Crippen LogP contribution in [-0.4, -0.2) is 79.5 Å². The van der Waals surface area contributed by atoms with E-state index in [-0.39, 0.29) is 34.4 Å². The van der Waals surface area contributed by atoms with Gasteiger partial charge in [0.15, 0.2) is 17.4 Å². The Kier molecular flexibility index (Phi) is 8.81. The molecule has 2 aromatic carbocycles. The van der Waals surface area contributed by atoms with Gasteiger partial charge in [0, 0.05) is 67.9 Å². The van der Waals surface area contributed by atoms with Gasteiger partial charge < -0.3 is 25.2 Å². The van der Waals surface area contributed by atoms with Crippen molar-refractivity contribution < 1.29 is 18.7 Å². The van der Waals surface area contributed by atoms with Gasteiger partial charge in [-0.25, -0.2) is 9.38 Å². The topological polar surface area (TPSA) is 98.6 Å². The quantitative estimate of drug-likeness (QED) is 0.496. The predicted molar refractivity (Wildman–Crippen MR) is 171 cm³/mol. The van der Waals surface area contributed by atoms with Crippen LogP contribution in [0.2, 0.25) is 5.02 Å². The lowest BCUT2D eigenvalue weighted by molar-refractivity contribution is -0.136. The van der Waals surface area contributed by atoms with Gasteiger partial charge in [-0.3, -0.25) is 14.6 Å². The number of allylic oxidation sites excluding steroid dienone is 2. The molecule has 4 aliphatic heterocycles. The Morgan fingerprint density at radius 2 is 1.89 bits per heavy atom. The van der Waals surface area contributed by atoms with E-state index in [1.54, 1.807) is 24.5 Å². The van der Waals surface area contributed by atoms with Gasteiger partial charge in [0.1, 0.15) is 0 Å². The highest BCUT2D eigenvalue weighted by Crippen LogP contribution is 2.40. The second kappa shape index (κ2) is 12.9. The average molecular weight is 619 g/mol. The molecular weight excluding hydrogens is 583 g/mol. The molecule has 0 radical (unpaired) electrons. The van der Waals surface area contributed by atoms with E-state index in [2.05, 4.69) is 15.6 Å². The summed E-state index contributed by atoms with van der Waals surface area (Å²) in [6.07, 6.45) is 7.91. The zero-order valence-electron chi connectivity index (χ0n) is 24.9. The number of fused-ring (bicyclic) bond motifs is 1. The smallest absolute Gasteiger partial charge is 0.254 e. The number of rotatable bonds is 5. The molecule has 2 aromatic rings. The summed E-state index contributed by atoms with van der Waals surface area (Å²) in [5.74, 6) is 0.154. The molecule has 9 nitrogen and oxygen atoms in total. The molecule has 2 amide bonds. The number of aryl methyl sites for hydroxylation is 1. The van der Waals surface area contributed by atoms with Gasteiger partial charge in [0.05, 0.1) is 23.8 Å². The molecule has 2 saturated heterocycles. The molecular formula is C33H36ClFN6O3. The number of hydrogen-bond donors (Lipinski definition) is 2. The number of anilines is 1. The van der Waals surface area contributed by atoms with Crippen LogP contribution in [0.25, 0.3) is 5.57 Å². The minimum Gasteiger partial charge on any atom is -0.494 e. The second-order valence-electron chi connectivity index (χ2n) is 11.5. The fourth-order valence-corrected chi connectivity index (χ4v) is 6.59. The third kappa shape index (κ3) is 5.88. The monoisotopic (exact) mass is 618 g/mol. The summed E-state index contributed by atoms with van der Waals surface area (Å²) >= 11 is 6.43. The third-order valence-electron chi connectivity index (χ3n) is 8.81. The van der Waals surface area contributed by atoms with Crippen LogP contribution < -0.4 is 15.4 Å². The molecule has 44 heavy (non-hydrogen) atoms. The maximum absolute atomic E-state index is 14.8. The molecule has 0 aromatic heterocycles. The van der Waals surface area contributed by atoms with Crippen molar-refractivity contribution in [3.05, 3.63) is 76.3 Å². The molecule has 2 fully saturated rings. The zero-order valence-corrected chi connectivity index (χ0v) is 25.7. The van der Waals surface area contributed by atoms with E-state index in [4.69, 9.17) is 21.3 Å². The van der Waals surface area contributed by atoms with Gasteiger partial charge in [-0.05, 0) is 74.2 Å². The van der Waals surface area contributed by atoms with E-state index in [9.17, 15) is 14.0 Å². The van der Waals surface area contributed by atoms with Crippen LogP contribution in [0.5, 0.6) is 5.75 Å². The van der Waals surface area contributed by atoms with Crippen LogP contribution in [0.15, 0.2) is 58.8 Å². The van der Waals surface area contributed by atoms with Crippen LogP contribution in [0.1, 0.15) is 40.7 Å². The molecule has 0 aliphatic carbocycles. The Bertz CT molecular complexity index is 1590. The number of benzene rings is 2. The van der Waals surface area contributed by atoms with Crippen molar-refractivity contribution in [2.45, 2.75) is 26.2 Å². The van der Waals surface area contributed by atoms with Gasteiger partial charge in [-0.2, -0.15) is 0 Å².